The van der Waals surface area contributed by atoms with Gasteiger partial charge in [-0.3, -0.25) is 10.1 Å². The van der Waals surface area contributed by atoms with Crippen LogP contribution in [-0.2, 0) is 39.8 Å². The summed E-state index contributed by atoms with van der Waals surface area (Å²) >= 11 is 7.58. The number of amides is 4. The summed E-state index contributed by atoms with van der Waals surface area (Å²) in [6, 6.07) is 2.41. The molecule has 2 aliphatic heterocycles. The lowest BCUT2D eigenvalue weighted by Gasteiger charge is -2.42. The largest absolute Gasteiger partial charge is 0.495 e. The fourth-order valence-corrected chi connectivity index (χ4v) is 7.11. The number of allylic oxidation sites excluding steroid dienone is 3. The van der Waals surface area contributed by atoms with Crippen LogP contribution in [0.25, 0.3) is 0 Å². The number of carboxylic acids is 1. The highest BCUT2D eigenvalue weighted by Gasteiger charge is 2.64. The van der Waals surface area contributed by atoms with Gasteiger partial charge in [0.05, 0.1) is 24.7 Å². The molecule has 18 heteroatoms. The van der Waals surface area contributed by atoms with Crippen molar-refractivity contribution >= 4 is 53.3 Å². The first-order chi connectivity index (χ1) is 26.3. The zero-order valence-corrected chi connectivity index (χ0v) is 34.8. The number of nitrogens with zero attached hydrogens (tertiary/aromatic N) is 1. The fraction of sp³-hybridized carbons (Fsp3) is 0.605. The molecule has 312 valence electrons. The van der Waals surface area contributed by atoms with Crippen molar-refractivity contribution in [3.63, 3.8) is 0 Å². The number of likely N-dealkylation sites (N-methyl/N-ethyl adjacent to an activating group) is 1. The smallest absolute Gasteiger partial charge is 0.409 e. The monoisotopic (exact) mass is 826 g/mol. The van der Waals surface area contributed by atoms with Crippen LogP contribution in [0.2, 0.25) is 5.02 Å². The number of aliphatic carboxylic acids is 1. The van der Waals surface area contributed by atoms with Crippen molar-refractivity contribution in [1.82, 2.24) is 20.9 Å². The number of aliphatic hydroxyl groups is 1. The predicted molar refractivity (Wildman–Crippen MR) is 210 cm³/mol. The molecule has 1 aromatic carbocycles. The minimum absolute atomic E-state index is 0.100. The normalized spacial score (nSPS) is 24.8. The molecule has 5 N–H and O–H groups in total. The number of hydrogen-bond acceptors (Lipinski definition) is 12. The molecule has 16 nitrogen and oxygen atoms in total. The second-order valence-electron chi connectivity index (χ2n) is 14.2. The van der Waals surface area contributed by atoms with Crippen LogP contribution < -0.4 is 20.7 Å². The summed E-state index contributed by atoms with van der Waals surface area (Å²) in [5.74, 6) is -2.00. The summed E-state index contributed by atoms with van der Waals surface area (Å²) in [7, 11) is 5.71. The van der Waals surface area contributed by atoms with Gasteiger partial charge < -0.3 is 49.4 Å². The van der Waals surface area contributed by atoms with E-state index < -0.39 is 83.7 Å². The van der Waals surface area contributed by atoms with Gasteiger partial charge >= 0.3 is 24.1 Å². The van der Waals surface area contributed by atoms with Gasteiger partial charge in [-0.25, -0.2) is 19.2 Å². The molecule has 1 aromatic rings. The molecular formula is C38H55ClN4O12S. The van der Waals surface area contributed by atoms with Gasteiger partial charge in [0.25, 0.3) is 0 Å². The summed E-state index contributed by atoms with van der Waals surface area (Å²) < 4.78 is 28.5. The molecule has 2 aliphatic rings. The van der Waals surface area contributed by atoms with E-state index in [0.29, 0.717) is 22.9 Å². The van der Waals surface area contributed by atoms with Crippen molar-refractivity contribution in [1.29, 1.82) is 0 Å². The lowest BCUT2D eigenvalue weighted by molar-refractivity contribution is -0.158. The predicted octanol–water partition coefficient (Wildman–Crippen LogP) is 3.67. The van der Waals surface area contributed by atoms with Gasteiger partial charge in [0.2, 0.25) is 5.91 Å². The second kappa shape index (κ2) is 20.4. The maximum Gasteiger partial charge on any atom is 0.409 e. The van der Waals surface area contributed by atoms with E-state index in [2.05, 4.69) is 16.0 Å². The maximum absolute atomic E-state index is 13.4. The van der Waals surface area contributed by atoms with E-state index in [-0.39, 0.29) is 19.3 Å². The molecule has 0 aliphatic carbocycles. The first-order valence-electron chi connectivity index (χ1n) is 18.1. The highest BCUT2D eigenvalue weighted by molar-refractivity contribution is 7.98. The summed E-state index contributed by atoms with van der Waals surface area (Å²) in [5, 5.41) is 29.2. The summed E-state index contributed by atoms with van der Waals surface area (Å²) in [6.07, 6.45) is 2.86. The first-order valence-corrected chi connectivity index (χ1v) is 19.8. The van der Waals surface area contributed by atoms with Crippen LogP contribution >= 0.6 is 23.4 Å². The number of halogens is 1. The number of nitrogens with one attached hydrogen (secondary N) is 3. The number of epoxide rings is 1. The van der Waals surface area contributed by atoms with E-state index in [1.807, 2.05) is 31.4 Å². The Hall–Kier alpha value is -4.03. The number of benzene rings is 1. The Kier molecular flexibility index (Phi) is 16.9. The highest BCUT2D eigenvalue weighted by atomic mass is 35.5. The van der Waals surface area contributed by atoms with Gasteiger partial charge in [0.15, 0.2) is 5.72 Å². The fourth-order valence-electron chi connectivity index (χ4n) is 6.44. The number of rotatable bonds is 20. The number of alkyl carbamates (subject to hydrolysis) is 1. The molecule has 0 spiro atoms. The third kappa shape index (κ3) is 12.0. The van der Waals surface area contributed by atoms with E-state index in [1.165, 1.54) is 39.9 Å². The number of carbonyl (C=O) groups is 5. The van der Waals surface area contributed by atoms with Crippen LogP contribution in [0.3, 0.4) is 0 Å². The Morgan fingerprint density at radius 3 is 2.54 bits per heavy atom. The van der Waals surface area contributed by atoms with E-state index in [9.17, 15) is 34.2 Å². The molecule has 9 atom stereocenters. The summed E-state index contributed by atoms with van der Waals surface area (Å²) in [5.41, 5.74) is -1.12. The average molecular weight is 827 g/mol. The van der Waals surface area contributed by atoms with Crippen molar-refractivity contribution in [3.05, 3.63) is 52.6 Å². The van der Waals surface area contributed by atoms with Gasteiger partial charge in [-0.15, -0.1) is 0 Å². The van der Waals surface area contributed by atoms with E-state index in [0.717, 1.165) is 16.0 Å². The van der Waals surface area contributed by atoms with Crippen molar-refractivity contribution in [2.24, 2.45) is 5.92 Å². The Morgan fingerprint density at radius 2 is 1.93 bits per heavy atom. The van der Waals surface area contributed by atoms with Crippen LogP contribution in [0.4, 0.5) is 9.59 Å². The number of esters is 1. The van der Waals surface area contributed by atoms with Crippen LogP contribution in [0.5, 0.6) is 5.75 Å². The van der Waals surface area contributed by atoms with E-state index >= 15 is 0 Å². The lowest BCUT2D eigenvalue weighted by Crippen LogP contribution is -2.63. The SMILES string of the molecule is CNC(=O)CC(OC(=O)[C@H](C)N(C)C(=O)NC(CCSC)C(=O)O)C1(C)OC1C(C)C1CC(O)(C(/C=C/C=C(\C)Cc2ccc(Cl)c(OC)c2)OC)NC(=O)O1. The molecule has 0 saturated carbocycles. The number of carboxylic acid groups (broad SMARTS) is 1. The van der Waals surface area contributed by atoms with Gasteiger partial charge in [-0.2, -0.15) is 11.8 Å². The van der Waals surface area contributed by atoms with Crippen LogP contribution in [0, 0.1) is 5.92 Å². The summed E-state index contributed by atoms with van der Waals surface area (Å²) in [4.78, 5) is 64.4. The standard InChI is InChI=1S/C38H55ClN4O12S/c1-21(17-24-13-14-25(39)27(18-24)51-7)11-10-12-29(52-8)38(50)20-28(53-36(49)42-38)22(2)32-37(4,55-32)30(19-31(44)40-5)54-34(47)23(3)43(6)35(48)41-26(33(45)46)15-16-56-9/h10-14,18,22-23,26,28-30,32,50H,15-17,19-20H2,1-9H3,(H,40,44)(H,41,48)(H,42,49)(H,45,46)/b12-10+,21-11+/t22?,23-,26?,28?,29?,30?,32?,37?,38?/m0/s1. The Labute approximate surface area is 337 Å². The minimum atomic E-state index is -1.88. The number of carbonyl (C=O) groups excluding carboxylic acids is 4. The number of thioether (sulfide) groups is 1. The average Bonchev–Trinajstić information content (AvgIpc) is 3.85. The Morgan fingerprint density at radius 1 is 1.23 bits per heavy atom. The molecular weight excluding hydrogens is 772 g/mol. The van der Waals surface area contributed by atoms with Gasteiger partial charge in [-0.1, -0.05) is 48.4 Å². The van der Waals surface area contributed by atoms with Crippen LogP contribution in [0.1, 0.15) is 52.5 Å². The number of ether oxygens (including phenoxy) is 5. The number of hydrogen-bond donors (Lipinski definition) is 5. The Bertz CT molecular complexity index is 1650. The first kappa shape index (κ1) is 46.4. The third-order valence-corrected chi connectivity index (χ3v) is 11.1. The van der Waals surface area contributed by atoms with Crippen molar-refractivity contribution in [2.45, 2.75) is 101 Å². The number of urea groups is 1. The molecule has 3 rings (SSSR count). The lowest BCUT2D eigenvalue weighted by atomic mass is 9.83. The molecule has 4 amide bonds. The number of methoxy groups -OCH3 is 2. The minimum Gasteiger partial charge on any atom is -0.495 e. The van der Waals surface area contributed by atoms with E-state index in [1.54, 1.807) is 39.2 Å². The van der Waals surface area contributed by atoms with Crippen molar-refractivity contribution in [2.75, 3.05) is 40.3 Å². The van der Waals surface area contributed by atoms with Gasteiger partial charge in [0, 0.05) is 33.5 Å². The van der Waals surface area contributed by atoms with Gasteiger partial charge in [-0.05, 0) is 63.3 Å². The third-order valence-electron chi connectivity index (χ3n) is 10.1. The quantitative estimate of drug-likeness (QED) is 0.0722. The molecule has 2 heterocycles. The molecule has 2 saturated heterocycles. The van der Waals surface area contributed by atoms with Crippen LogP contribution in [0.15, 0.2) is 42.0 Å². The van der Waals surface area contributed by atoms with Crippen molar-refractivity contribution < 1.29 is 57.9 Å². The molecule has 0 bridgehead atoms. The molecule has 0 aromatic heterocycles. The Balaban J connectivity index is 1.72. The second-order valence-corrected chi connectivity index (χ2v) is 15.6. The molecule has 2 fully saturated rings. The highest BCUT2D eigenvalue weighted by Crippen LogP contribution is 2.48. The molecule has 56 heavy (non-hydrogen) atoms. The molecule has 0 radical (unpaired) electrons. The summed E-state index contributed by atoms with van der Waals surface area (Å²) in [6.45, 7) is 6.77. The maximum atomic E-state index is 13.4. The topological polar surface area (TPSA) is 215 Å². The zero-order chi connectivity index (χ0) is 42.0. The van der Waals surface area contributed by atoms with Gasteiger partial charge in [0.1, 0.15) is 41.7 Å². The molecule has 8 unspecified atom stereocenters. The van der Waals surface area contributed by atoms with Crippen molar-refractivity contribution in [3.8, 4) is 5.75 Å². The number of cyclic esters (lactones) is 1. The van der Waals surface area contributed by atoms with Crippen LogP contribution in [-0.4, -0.2) is 133 Å². The van der Waals surface area contributed by atoms with E-state index in [4.69, 9.17) is 35.3 Å². The zero-order valence-electron chi connectivity index (χ0n) is 33.3.